The molecule has 29 heavy (non-hydrogen) atoms. The van der Waals surface area contributed by atoms with Gasteiger partial charge in [0.25, 0.3) is 0 Å². The average Bonchev–Trinajstić information content (AvgIpc) is 2.66. The van der Waals surface area contributed by atoms with Crippen LogP contribution in [0.1, 0.15) is 90.9 Å². The molecule has 0 amide bonds. The lowest BCUT2D eigenvalue weighted by Gasteiger charge is -2.12. The predicted octanol–water partition coefficient (Wildman–Crippen LogP) is 4.93. The van der Waals surface area contributed by atoms with Crippen molar-refractivity contribution in [2.24, 2.45) is 0 Å². The number of carbonyl (C=O) groups is 2. The lowest BCUT2D eigenvalue weighted by molar-refractivity contribution is -0.144. The van der Waals surface area contributed by atoms with E-state index in [0.717, 1.165) is 51.4 Å². The summed E-state index contributed by atoms with van der Waals surface area (Å²) in [6.07, 6.45) is 8.72. The van der Waals surface area contributed by atoms with Crippen LogP contribution in [0.25, 0.3) is 0 Å². The quantitative estimate of drug-likeness (QED) is 0.162. The highest BCUT2D eigenvalue weighted by molar-refractivity contribution is 7.47. The van der Waals surface area contributed by atoms with E-state index in [-0.39, 0.29) is 25.2 Å². The number of phosphoric acid groups is 1. The Bertz CT molecular complexity index is 431. The molecule has 0 aliphatic heterocycles. The summed E-state index contributed by atoms with van der Waals surface area (Å²) >= 11 is 0. The van der Waals surface area contributed by atoms with E-state index in [1.807, 2.05) is 13.8 Å². The molecule has 0 heterocycles. The second kappa shape index (κ2) is 19.0. The van der Waals surface area contributed by atoms with Crippen LogP contribution < -0.4 is 0 Å². The third-order valence-corrected chi connectivity index (χ3v) is 5.04. The Morgan fingerprint density at radius 2 is 1.00 bits per heavy atom. The van der Waals surface area contributed by atoms with Gasteiger partial charge in [0.15, 0.2) is 0 Å². The van der Waals surface area contributed by atoms with Crippen LogP contribution in [0.2, 0.25) is 0 Å². The smallest absolute Gasteiger partial charge is 0.466 e. The molecule has 0 aromatic rings. The maximum Gasteiger partial charge on any atom is 0.472 e. The summed E-state index contributed by atoms with van der Waals surface area (Å²) in [5, 5.41) is 0. The zero-order valence-corrected chi connectivity index (χ0v) is 19.0. The van der Waals surface area contributed by atoms with Gasteiger partial charge < -0.3 is 14.4 Å². The standard InChI is InChI=1S/C20H39O8P/c1-3-13-19(21)25-15-9-5-7-11-17-27-29(23,24)28-18-12-8-6-10-16-26-20(22)14-4-2/h3-18H2,1-2H3,(H,23,24). The van der Waals surface area contributed by atoms with Crippen LogP contribution >= 0.6 is 7.82 Å². The van der Waals surface area contributed by atoms with Crippen LogP contribution in [0.15, 0.2) is 0 Å². The van der Waals surface area contributed by atoms with Crippen LogP contribution in [-0.4, -0.2) is 43.3 Å². The lowest BCUT2D eigenvalue weighted by Crippen LogP contribution is -2.05. The summed E-state index contributed by atoms with van der Waals surface area (Å²) in [4.78, 5) is 32.0. The maximum atomic E-state index is 11.8. The number of unbranched alkanes of at least 4 members (excludes halogenated alkanes) is 6. The van der Waals surface area contributed by atoms with Crippen molar-refractivity contribution in [2.75, 3.05) is 26.4 Å². The number of ether oxygens (including phenoxy) is 2. The van der Waals surface area contributed by atoms with E-state index in [1.165, 1.54) is 0 Å². The van der Waals surface area contributed by atoms with Crippen LogP contribution in [0.4, 0.5) is 0 Å². The number of hydrogen-bond donors (Lipinski definition) is 1. The SMILES string of the molecule is CCCC(=O)OCCCCCCOP(=O)(O)OCCCCCCOC(=O)CCC. The normalized spacial score (nSPS) is 11.4. The van der Waals surface area contributed by atoms with Gasteiger partial charge in [-0.2, -0.15) is 0 Å². The molecular weight excluding hydrogens is 399 g/mol. The molecule has 0 rings (SSSR count). The number of phosphoric ester groups is 1. The third-order valence-electron chi connectivity index (χ3n) is 4.02. The zero-order valence-electron chi connectivity index (χ0n) is 18.1. The van der Waals surface area contributed by atoms with Gasteiger partial charge in [-0.25, -0.2) is 4.57 Å². The first-order valence-corrected chi connectivity index (χ1v) is 12.3. The molecule has 0 aromatic heterocycles. The summed E-state index contributed by atoms with van der Waals surface area (Å²) in [6, 6.07) is 0. The molecule has 0 bridgehead atoms. The maximum absolute atomic E-state index is 11.8. The van der Waals surface area contributed by atoms with Crippen molar-refractivity contribution < 1.29 is 37.6 Å². The van der Waals surface area contributed by atoms with Crippen molar-refractivity contribution >= 4 is 19.8 Å². The van der Waals surface area contributed by atoms with Gasteiger partial charge in [0, 0.05) is 12.8 Å². The van der Waals surface area contributed by atoms with Crippen LogP contribution in [-0.2, 0) is 32.7 Å². The summed E-state index contributed by atoms with van der Waals surface area (Å²) in [5.74, 6) is -0.325. The molecule has 0 aliphatic carbocycles. The molecule has 0 spiro atoms. The molecule has 0 radical (unpaired) electrons. The molecule has 172 valence electrons. The minimum atomic E-state index is -4.00. The fourth-order valence-electron chi connectivity index (χ4n) is 2.44. The molecule has 1 N–H and O–H groups in total. The molecular formula is C20H39O8P. The molecule has 8 nitrogen and oxygen atoms in total. The summed E-state index contributed by atoms with van der Waals surface area (Å²) in [5.41, 5.74) is 0. The highest BCUT2D eigenvalue weighted by atomic mass is 31.2. The van der Waals surface area contributed by atoms with Gasteiger partial charge in [-0.1, -0.05) is 26.7 Å². The molecule has 0 aliphatic rings. The van der Waals surface area contributed by atoms with Crippen molar-refractivity contribution in [3.63, 3.8) is 0 Å². The third kappa shape index (κ3) is 20.1. The van der Waals surface area contributed by atoms with Crippen molar-refractivity contribution in [1.82, 2.24) is 0 Å². The number of esters is 2. The second-order valence-electron chi connectivity index (χ2n) is 6.90. The fraction of sp³-hybridized carbons (Fsp3) is 0.900. The van der Waals surface area contributed by atoms with Gasteiger partial charge in [-0.3, -0.25) is 18.6 Å². The van der Waals surface area contributed by atoms with Gasteiger partial charge in [0.05, 0.1) is 26.4 Å². The summed E-state index contributed by atoms with van der Waals surface area (Å²) < 4.78 is 31.8. The van der Waals surface area contributed by atoms with Gasteiger partial charge >= 0.3 is 19.8 Å². The van der Waals surface area contributed by atoms with Crippen molar-refractivity contribution in [2.45, 2.75) is 90.9 Å². The van der Waals surface area contributed by atoms with Gasteiger partial charge in [-0.15, -0.1) is 0 Å². The Morgan fingerprint density at radius 3 is 1.34 bits per heavy atom. The Kier molecular flexibility index (Phi) is 18.4. The second-order valence-corrected chi connectivity index (χ2v) is 8.36. The molecule has 0 aromatic carbocycles. The van der Waals surface area contributed by atoms with E-state index in [9.17, 15) is 19.0 Å². The molecule has 0 atom stereocenters. The van der Waals surface area contributed by atoms with E-state index in [4.69, 9.17) is 18.5 Å². The first kappa shape index (κ1) is 28.1. The minimum Gasteiger partial charge on any atom is -0.466 e. The van der Waals surface area contributed by atoms with Crippen molar-refractivity contribution in [3.8, 4) is 0 Å². The zero-order chi connectivity index (χ0) is 21.8. The summed E-state index contributed by atoms with van der Waals surface area (Å²) in [6.45, 7) is 5.02. The Labute approximate surface area is 175 Å². The molecule has 0 saturated carbocycles. The Balaban J connectivity index is 3.45. The van der Waals surface area contributed by atoms with Crippen molar-refractivity contribution in [1.29, 1.82) is 0 Å². The van der Waals surface area contributed by atoms with Crippen LogP contribution in [0.3, 0.4) is 0 Å². The molecule has 0 fully saturated rings. The minimum absolute atomic E-state index is 0.159. The number of rotatable bonds is 20. The van der Waals surface area contributed by atoms with Crippen molar-refractivity contribution in [3.05, 3.63) is 0 Å². The largest absolute Gasteiger partial charge is 0.472 e. The highest BCUT2D eigenvalue weighted by Gasteiger charge is 2.19. The van der Waals surface area contributed by atoms with Crippen LogP contribution in [0, 0.1) is 0 Å². The van der Waals surface area contributed by atoms with Gasteiger partial charge in [0.2, 0.25) is 0 Å². The molecule has 0 saturated heterocycles. The number of hydrogen-bond acceptors (Lipinski definition) is 7. The average molecular weight is 438 g/mol. The van der Waals surface area contributed by atoms with E-state index in [1.54, 1.807) is 0 Å². The van der Waals surface area contributed by atoms with Gasteiger partial charge in [0.1, 0.15) is 0 Å². The predicted molar refractivity (Wildman–Crippen MR) is 110 cm³/mol. The first-order chi connectivity index (χ1) is 13.9. The summed E-state index contributed by atoms with van der Waals surface area (Å²) in [7, 11) is -4.00. The Hall–Kier alpha value is -0.950. The van der Waals surface area contributed by atoms with Gasteiger partial charge in [-0.05, 0) is 51.4 Å². The van der Waals surface area contributed by atoms with E-state index in [2.05, 4.69) is 0 Å². The van der Waals surface area contributed by atoms with E-state index >= 15 is 0 Å². The first-order valence-electron chi connectivity index (χ1n) is 10.8. The number of carbonyl (C=O) groups excluding carboxylic acids is 2. The topological polar surface area (TPSA) is 108 Å². The van der Waals surface area contributed by atoms with Crippen LogP contribution in [0.5, 0.6) is 0 Å². The van der Waals surface area contributed by atoms with E-state index in [0.29, 0.717) is 38.9 Å². The van der Waals surface area contributed by atoms with E-state index < -0.39 is 7.82 Å². The lowest BCUT2D eigenvalue weighted by atomic mass is 10.2. The fourth-order valence-corrected chi connectivity index (χ4v) is 3.23. The monoisotopic (exact) mass is 438 g/mol. The Morgan fingerprint density at radius 1 is 0.655 bits per heavy atom. The molecule has 9 heteroatoms. The highest BCUT2D eigenvalue weighted by Crippen LogP contribution is 2.43. The molecule has 0 unspecified atom stereocenters.